The van der Waals surface area contributed by atoms with Crippen LogP contribution in [-0.4, -0.2) is 18.0 Å². The molecule has 0 bridgehead atoms. The van der Waals surface area contributed by atoms with Gasteiger partial charge in [-0.25, -0.2) is 0 Å². The van der Waals surface area contributed by atoms with Crippen molar-refractivity contribution in [3.8, 4) is 5.75 Å². The third kappa shape index (κ3) is 3.06. The summed E-state index contributed by atoms with van der Waals surface area (Å²) in [5, 5.41) is 4.01. The summed E-state index contributed by atoms with van der Waals surface area (Å²) in [4.78, 5) is 15.7. The van der Waals surface area contributed by atoms with Crippen LogP contribution in [-0.2, 0) is 11.2 Å². The van der Waals surface area contributed by atoms with E-state index in [1.807, 2.05) is 56.3 Å². The molecule has 0 radical (unpaired) electrons. The fourth-order valence-corrected chi connectivity index (χ4v) is 2.78. The van der Waals surface area contributed by atoms with Crippen molar-refractivity contribution in [2.75, 3.05) is 12.4 Å². The number of rotatable bonds is 4. The van der Waals surface area contributed by atoms with Crippen LogP contribution in [0.15, 0.2) is 42.5 Å². The number of anilines is 1. The van der Waals surface area contributed by atoms with Gasteiger partial charge >= 0.3 is 0 Å². The zero-order valence-corrected chi connectivity index (χ0v) is 13.6. The summed E-state index contributed by atoms with van der Waals surface area (Å²) in [5.41, 5.74) is 4.94. The number of aromatic nitrogens is 1. The minimum Gasteiger partial charge on any atom is -0.497 e. The van der Waals surface area contributed by atoms with Crippen LogP contribution in [0.4, 0.5) is 5.69 Å². The summed E-state index contributed by atoms with van der Waals surface area (Å²) < 4.78 is 5.29. The van der Waals surface area contributed by atoms with Gasteiger partial charge in [-0.15, -0.1) is 0 Å². The Balaban J connectivity index is 1.87. The van der Waals surface area contributed by atoms with E-state index in [-0.39, 0.29) is 5.91 Å². The van der Waals surface area contributed by atoms with Crippen molar-refractivity contribution < 1.29 is 9.53 Å². The number of hydrogen-bond acceptors (Lipinski definition) is 2. The number of aromatic amines is 1. The fraction of sp³-hybridized carbons (Fsp3) is 0.211. The molecular formula is C19H20N2O2. The monoisotopic (exact) mass is 308 g/mol. The van der Waals surface area contributed by atoms with E-state index in [0.29, 0.717) is 6.42 Å². The molecule has 1 amide bonds. The van der Waals surface area contributed by atoms with E-state index < -0.39 is 0 Å². The molecule has 0 aliphatic heterocycles. The number of benzene rings is 2. The zero-order valence-electron chi connectivity index (χ0n) is 13.6. The minimum absolute atomic E-state index is 0.0221. The smallest absolute Gasteiger partial charge is 0.228 e. The van der Waals surface area contributed by atoms with E-state index in [0.717, 1.165) is 39.2 Å². The molecule has 23 heavy (non-hydrogen) atoms. The first-order valence-corrected chi connectivity index (χ1v) is 7.59. The van der Waals surface area contributed by atoms with Gasteiger partial charge in [0.15, 0.2) is 0 Å². The Kier molecular flexibility index (Phi) is 4.06. The van der Waals surface area contributed by atoms with Crippen LogP contribution in [0.2, 0.25) is 0 Å². The fourth-order valence-electron chi connectivity index (χ4n) is 2.78. The summed E-state index contributed by atoms with van der Waals surface area (Å²) in [6.45, 7) is 3.97. The number of hydrogen-bond donors (Lipinski definition) is 2. The average molecular weight is 308 g/mol. The largest absolute Gasteiger partial charge is 0.497 e. The number of ether oxygens (including phenoxy) is 1. The molecule has 0 unspecified atom stereocenters. The van der Waals surface area contributed by atoms with Gasteiger partial charge < -0.3 is 15.0 Å². The standard InChI is InChI=1S/C19H20N2O2/c1-12-6-4-5-7-17(12)21-19(22)11-15-13(2)20-18-9-8-14(23-3)10-16(15)18/h4-10,20H,11H2,1-3H3,(H,21,22). The first kappa shape index (κ1) is 15.2. The molecule has 0 fully saturated rings. The molecule has 4 nitrogen and oxygen atoms in total. The maximum Gasteiger partial charge on any atom is 0.228 e. The Hall–Kier alpha value is -2.75. The zero-order chi connectivity index (χ0) is 16.4. The van der Waals surface area contributed by atoms with E-state index in [4.69, 9.17) is 4.74 Å². The van der Waals surface area contributed by atoms with Gasteiger partial charge in [0.05, 0.1) is 13.5 Å². The second-order valence-electron chi connectivity index (χ2n) is 5.68. The Bertz CT molecular complexity index is 865. The Morgan fingerprint density at radius 3 is 2.70 bits per heavy atom. The Morgan fingerprint density at radius 2 is 1.96 bits per heavy atom. The van der Waals surface area contributed by atoms with Crippen LogP contribution >= 0.6 is 0 Å². The lowest BCUT2D eigenvalue weighted by atomic mass is 10.1. The first-order chi connectivity index (χ1) is 11.1. The molecule has 2 aromatic carbocycles. The summed E-state index contributed by atoms with van der Waals surface area (Å²) in [6.07, 6.45) is 0.327. The molecule has 118 valence electrons. The van der Waals surface area contributed by atoms with Gasteiger partial charge in [-0.2, -0.15) is 0 Å². The molecule has 1 heterocycles. The number of H-pyrrole nitrogens is 1. The third-order valence-electron chi connectivity index (χ3n) is 4.08. The van der Waals surface area contributed by atoms with Crippen molar-refractivity contribution in [3.05, 3.63) is 59.3 Å². The lowest BCUT2D eigenvalue weighted by Gasteiger charge is -2.08. The summed E-state index contributed by atoms with van der Waals surface area (Å²) >= 11 is 0. The SMILES string of the molecule is COc1ccc2[nH]c(C)c(CC(=O)Nc3ccccc3C)c2c1. The molecule has 0 saturated heterocycles. The molecule has 2 N–H and O–H groups in total. The van der Waals surface area contributed by atoms with Crippen molar-refractivity contribution in [3.63, 3.8) is 0 Å². The Labute approximate surface area is 135 Å². The van der Waals surface area contributed by atoms with E-state index in [1.54, 1.807) is 7.11 Å². The number of amides is 1. The van der Waals surface area contributed by atoms with Gasteiger partial charge in [-0.3, -0.25) is 4.79 Å². The normalized spacial score (nSPS) is 10.7. The highest BCUT2D eigenvalue weighted by Crippen LogP contribution is 2.27. The van der Waals surface area contributed by atoms with Crippen LogP contribution in [0.5, 0.6) is 5.75 Å². The summed E-state index contributed by atoms with van der Waals surface area (Å²) in [7, 11) is 1.64. The highest BCUT2D eigenvalue weighted by Gasteiger charge is 2.14. The van der Waals surface area contributed by atoms with Gasteiger partial charge in [-0.1, -0.05) is 18.2 Å². The number of carbonyl (C=O) groups is 1. The van der Waals surface area contributed by atoms with Crippen molar-refractivity contribution in [2.24, 2.45) is 0 Å². The topological polar surface area (TPSA) is 54.1 Å². The van der Waals surface area contributed by atoms with Crippen LogP contribution in [0.3, 0.4) is 0 Å². The predicted molar refractivity (Wildman–Crippen MR) is 93.1 cm³/mol. The maximum absolute atomic E-state index is 12.4. The van der Waals surface area contributed by atoms with E-state index in [9.17, 15) is 4.79 Å². The van der Waals surface area contributed by atoms with Gasteiger partial charge in [0.2, 0.25) is 5.91 Å². The quantitative estimate of drug-likeness (QED) is 0.766. The van der Waals surface area contributed by atoms with Gasteiger partial charge in [0, 0.05) is 22.3 Å². The minimum atomic E-state index is -0.0221. The third-order valence-corrected chi connectivity index (χ3v) is 4.08. The predicted octanol–water partition coefficient (Wildman–Crippen LogP) is 3.97. The highest BCUT2D eigenvalue weighted by molar-refractivity contribution is 5.97. The second kappa shape index (κ2) is 6.16. The average Bonchev–Trinajstić information content (AvgIpc) is 2.85. The molecule has 1 aromatic heterocycles. The number of aryl methyl sites for hydroxylation is 2. The van der Waals surface area contributed by atoms with Crippen LogP contribution in [0, 0.1) is 13.8 Å². The molecule has 0 spiro atoms. The molecule has 3 rings (SSSR count). The summed E-state index contributed by atoms with van der Waals surface area (Å²) in [6, 6.07) is 13.6. The molecule has 4 heteroatoms. The van der Waals surface area contributed by atoms with Crippen molar-refractivity contribution in [1.29, 1.82) is 0 Å². The number of carbonyl (C=O) groups excluding carboxylic acids is 1. The number of para-hydroxylation sites is 1. The van der Waals surface area contributed by atoms with Crippen molar-refractivity contribution in [1.82, 2.24) is 4.98 Å². The second-order valence-corrected chi connectivity index (χ2v) is 5.68. The summed E-state index contributed by atoms with van der Waals surface area (Å²) in [5.74, 6) is 0.767. The van der Waals surface area contributed by atoms with Crippen molar-refractivity contribution >= 4 is 22.5 Å². The number of fused-ring (bicyclic) bond motifs is 1. The van der Waals surface area contributed by atoms with Crippen LogP contribution in [0.25, 0.3) is 10.9 Å². The number of methoxy groups -OCH3 is 1. The van der Waals surface area contributed by atoms with E-state index in [2.05, 4.69) is 10.3 Å². The van der Waals surface area contributed by atoms with Gasteiger partial charge in [-0.05, 0) is 49.2 Å². The number of nitrogens with one attached hydrogen (secondary N) is 2. The molecule has 0 saturated carbocycles. The van der Waals surface area contributed by atoms with E-state index >= 15 is 0 Å². The van der Waals surface area contributed by atoms with Crippen LogP contribution in [0.1, 0.15) is 16.8 Å². The molecule has 3 aromatic rings. The lowest BCUT2D eigenvalue weighted by molar-refractivity contribution is -0.115. The van der Waals surface area contributed by atoms with Gasteiger partial charge in [0.1, 0.15) is 5.75 Å². The van der Waals surface area contributed by atoms with Crippen molar-refractivity contribution in [2.45, 2.75) is 20.3 Å². The molecule has 0 atom stereocenters. The van der Waals surface area contributed by atoms with E-state index in [1.165, 1.54) is 0 Å². The maximum atomic E-state index is 12.4. The van der Waals surface area contributed by atoms with Gasteiger partial charge in [0.25, 0.3) is 0 Å². The molecular weight excluding hydrogens is 288 g/mol. The first-order valence-electron chi connectivity index (χ1n) is 7.59. The molecule has 0 aliphatic rings. The highest BCUT2D eigenvalue weighted by atomic mass is 16.5. The lowest BCUT2D eigenvalue weighted by Crippen LogP contribution is -2.15. The van der Waals surface area contributed by atoms with Crippen LogP contribution < -0.4 is 10.1 Å². The Morgan fingerprint density at radius 1 is 1.17 bits per heavy atom. The molecule has 0 aliphatic carbocycles.